The fraction of sp³-hybridized carbons (Fsp3) is 0.263. The van der Waals surface area contributed by atoms with Gasteiger partial charge in [-0.1, -0.05) is 51.8 Å². The highest BCUT2D eigenvalue weighted by Gasteiger charge is 2.16. The lowest BCUT2D eigenvalue weighted by Gasteiger charge is -2.07. The molecule has 0 amide bonds. The van der Waals surface area contributed by atoms with Gasteiger partial charge in [0.15, 0.2) is 0 Å². The van der Waals surface area contributed by atoms with Crippen LogP contribution in [0.1, 0.15) is 24.0 Å². The second kappa shape index (κ2) is 7.08. The molecule has 3 N–H and O–H groups in total. The van der Waals surface area contributed by atoms with Crippen molar-refractivity contribution < 1.29 is 0 Å². The van der Waals surface area contributed by atoms with Crippen molar-refractivity contribution >= 4 is 38.4 Å². The summed E-state index contributed by atoms with van der Waals surface area (Å²) in [7, 11) is 0. The van der Waals surface area contributed by atoms with Gasteiger partial charge in [-0.2, -0.15) is 0 Å². The number of benzene rings is 2. The molecule has 0 saturated heterocycles. The van der Waals surface area contributed by atoms with Crippen molar-refractivity contribution in [2.75, 3.05) is 6.54 Å². The Hall–Kier alpha value is -1.29. The van der Waals surface area contributed by atoms with Crippen molar-refractivity contribution in [1.82, 2.24) is 4.98 Å². The Morgan fingerprint density at radius 2 is 1.91 bits per heavy atom. The molecule has 0 saturated carbocycles. The largest absolute Gasteiger partial charge is 0.354 e. The van der Waals surface area contributed by atoms with Crippen molar-refractivity contribution in [3.63, 3.8) is 0 Å². The fourth-order valence-corrected chi connectivity index (χ4v) is 3.67. The molecule has 3 aromatic rings. The Morgan fingerprint density at radius 3 is 2.65 bits per heavy atom. The normalized spacial score (nSPS) is 11.3. The van der Waals surface area contributed by atoms with Crippen LogP contribution in [0.15, 0.2) is 40.9 Å². The van der Waals surface area contributed by atoms with E-state index in [2.05, 4.69) is 52.1 Å². The topological polar surface area (TPSA) is 41.8 Å². The molecular formula is C19H20BrClN2. The molecule has 0 aliphatic heterocycles. The van der Waals surface area contributed by atoms with Crippen molar-refractivity contribution in [1.29, 1.82) is 0 Å². The molecular weight excluding hydrogens is 372 g/mol. The Bertz CT molecular complexity index is 839. The third kappa shape index (κ3) is 3.18. The van der Waals surface area contributed by atoms with Gasteiger partial charge in [0.2, 0.25) is 0 Å². The van der Waals surface area contributed by atoms with E-state index in [4.69, 9.17) is 17.3 Å². The van der Waals surface area contributed by atoms with E-state index in [1.165, 1.54) is 22.2 Å². The molecule has 23 heavy (non-hydrogen) atoms. The zero-order valence-electron chi connectivity index (χ0n) is 13.1. The molecule has 0 bridgehead atoms. The van der Waals surface area contributed by atoms with Gasteiger partial charge in [-0.15, -0.1) is 0 Å². The summed E-state index contributed by atoms with van der Waals surface area (Å²) < 4.78 is 1.09. The molecule has 120 valence electrons. The first-order chi connectivity index (χ1) is 11.1. The number of aromatic amines is 1. The molecule has 1 heterocycles. The summed E-state index contributed by atoms with van der Waals surface area (Å²) in [5.74, 6) is 0. The molecule has 0 fully saturated rings. The number of hydrogen-bond donors (Lipinski definition) is 2. The van der Waals surface area contributed by atoms with Gasteiger partial charge < -0.3 is 10.7 Å². The predicted octanol–water partition coefficient (Wildman–Crippen LogP) is 5.84. The van der Waals surface area contributed by atoms with Crippen LogP contribution in [0.4, 0.5) is 0 Å². The number of nitrogens with one attached hydrogen (secondary N) is 1. The Morgan fingerprint density at radius 1 is 1.13 bits per heavy atom. The first-order valence-corrected chi connectivity index (χ1v) is 9.05. The maximum absolute atomic E-state index is 6.31. The highest BCUT2D eigenvalue weighted by atomic mass is 79.9. The van der Waals surface area contributed by atoms with Crippen LogP contribution in [0.5, 0.6) is 0 Å². The van der Waals surface area contributed by atoms with E-state index < -0.39 is 0 Å². The molecule has 3 rings (SSSR count). The molecule has 2 nitrogen and oxygen atoms in total. The fourth-order valence-electron chi connectivity index (χ4n) is 3.03. The average molecular weight is 392 g/mol. The minimum absolute atomic E-state index is 0.734. The summed E-state index contributed by atoms with van der Waals surface area (Å²) in [6.45, 7) is 2.80. The van der Waals surface area contributed by atoms with E-state index in [1.54, 1.807) is 0 Å². The van der Waals surface area contributed by atoms with Gasteiger partial charge in [0.1, 0.15) is 0 Å². The molecule has 0 unspecified atom stereocenters. The standard InChI is InChI=1S/C19H20BrClN2/c1-12-17(21)10-9-14-13(6-4-5-11-22)19(23-18(12)14)15-7-2-3-8-16(15)20/h2-3,7-10,23H,4-6,11,22H2,1H3. The number of nitrogens with two attached hydrogens (primary N) is 1. The van der Waals surface area contributed by atoms with Crippen LogP contribution < -0.4 is 5.73 Å². The van der Waals surface area contributed by atoms with Gasteiger partial charge in [-0.05, 0) is 56.0 Å². The number of halogens is 2. The summed E-state index contributed by atoms with van der Waals surface area (Å²) in [6.07, 6.45) is 3.13. The van der Waals surface area contributed by atoms with Gasteiger partial charge >= 0.3 is 0 Å². The minimum Gasteiger partial charge on any atom is -0.354 e. The lowest BCUT2D eigenvalue weighted by molar-refractivity contribution is 0.748. The zero-order chi connectivity index (χ0) is 16.4. The molecule has 0 spiro atoms. The third-order valence-electron chi connectivity index (χ3n) is 4.30. The van der Waals surface area contributed by atoms with Crippen molar-refractivity contribution in [2.24, 2.45) is 5.73 Å². The second-order valence-electron chi connectivity index (χ2n) is 5.80. The molecule has 0 aliphatic carbocycles. The van der Waals surface area contributed by atoms with Gasteiger partial charge in [0, 0.05) is 20.4 Å². The lowest BCUT2D eigenvalue weighted by atomic mass is 9.99. The summed E-state index contributed by atoms with van der Waals surface area (Å²) in [5, 5.41) is 2.06. The van der Waals surface area contributed by atoms with Crippen LogP contribution in [-0.4, -0.2) is 11.5 Å². The predicted molar refractivity (Wildman–Crippen MR) is 103 cm³/mol. The first-order valence-electron chi connectivity index (χ1n) is 7.88. The van der Waals surface area contributed by atoms with Crippen LogP contribution in [0.25, 0.3) is 22.2 Å². The van der Waals surface area contributed by atoms with E-state index >= 15 is 0 Å². The third-order valence-corrected chi connectivity index (χ3v) is 5.40. The Kier molecular flexibility index (Phi) is 5.10. The average Bonchev–Trinajstić information content (AvgIpc) is 2.91. The smallest absolute Gasteiger partial charge is 0.0508 e. The second-order valence-corrected chi connectivity index (χ2v) is 7.06. The summed E-state index contributed by atoms with van der Waals surface area (Å²) in [6, 6.07) is 12.4. The number of unbranched alkanes of at least 4 members (excludes halogenated alkanes) is 1. The van der Waals surface area contributed by atoms with Gasteiger partial charge in [-0.3, -0.25) is 0 Å². The lowest BCUT2D eigenvalue weighted by Crippen LogP contribution is -1.99. The van der Waals surface area contributed by atoms with Crippen LogP contribution >= 0.6 is 27.5 Å². The number of rotatable bonds is 5. The molecule has 1 aromatic heterocycles. The van der Waals surface area contributed by atoms with E-state index in [9.17, 15) is 0 Å². The highest BCUT2D eigenvalue weighted by Crippen LogP contribution is 2.37. The van der Waals surface area contributed by atoms with Crippen LogP contribution in [0, 0.1) is 6.92 Å². The number of H-pyrrole nitrogens is 1. The monoisotopic (exact) mass is 390 g/mol. The highest BCUT2D eigenvalue weighted by molar-refractivity contribution is 9.10. The van der Waals surface area contributed by atoms with Gasteiger partial charge in [0.25, 0.3) is 0 Å². The summed E-state index contributed by atoms with van der Waals surface area (Å²) in [5.41, 5.74) is 11.6. The van der Waals surface area contributed by atoms with Crippen LogP contribution in [0.2, 0.25) is 5.02 Å². The van der Waals surface area contributed by atoms with E-state index in [0.717, 1.165) is 46.4 Å². The SMILES string of the molecule is Cc1c(Cl)ccc2c(CCCCN)c(-c3ccccc3Br)[nH]c12. The molecule has 4 heteroatoms. The van der Waals surface area contributed by atoms with Crippen molar-refractivity contribution in [3.8, 4) is 11.3 Å². The summed E-state index contributed by atoms with van der Waals surface area (Å²) >= 11 is 9.98. The van der Waals surface area contributed by atoms with Gasteiger partial charge in [-0.25, -0.2) is 0 Å². The van der Waals surface area contributed by atoms with Crippen molar-refractivity contribution in [3.05, 3.63) is 57.0 Å². The van der Waals surface area contributed by atoms with Crippen LogP contribution in [-0.2, 0) is 6.42 Å². The molecule has 2 aromatic carbocycles. The summed E-state index contributed by atoms with van der Waals surface area (Å²) in [4.78, 5) is 3.61. The molecule has 0 aliphatic rings. The van der Waals surface area contributed by atoms with Gasteiger partial charge in [0.05, 0.1) is 11.2 Å². The maximum Gasteiger partial charge on any atom is 0.0508 e. The Labute approximate surface area is 150 Å². The number of fused-ring (bicyclic) bond motifs is 1. The van der Waals surface area contributed by atoms with Crippen molar-refractivity contribution in [2.45, 2.75) is 26.2 Å². The zero-order valence-corrected chi connectivity index (χ0v) is 15.5. The molecule has 0 radical (unpaired) electrons. The van der Waals surface area contributed by atoms with E-state index in [-0.39, 0.29) is 0 Å². The first kappa shape index (κ1) is 16.6. The van der Waals surface area contributed by atoms with Crippen LogP contribution in [0.3, 0.4) is 0 Å². The Balaban J connectivity index is 2.21. The van der Waals surface area contributed by atoms with E-state index in [0.29, 0.717) is 0 Å². The number of aryl methyl sites for hydroxylation is 2. The van der Waals surface area contributed by atoms with E-state index in [1.807, 2.05) is 12.1 Å². The maximum atomic E-state index is 6.31. The molecule has 0 atom stereocenters. The quantitative estimate of drug-likeness (QED) is 0.527. The minimum atomic E-state index is 0.734. The number of hydrogen-bond acceptors (Lipinski definition) is 1. The number of aromatic nitrogens is 1.